The van der Waals surface area contributed by atoms with Crippen molar-refractivity contribution in [2.24, 2.45) is 5.73 Å². The fourth-order valence-electron chi connectivity index (χ4n) is 2.14. The Labute approximate surface area is 95.6 Å². The van der Waals surface area contributed by atoms with Gasteiger partial charge >= 0.3 is 0 Å². The van der Waals surface area contributed by atoms with Gasteiger partial charge in [0.1, 0.15) is 17.7 Å². The highest BCUT2D eigenvalue weighted by atomic mass is 19.1. The quantitative estimate of drug-likeness (QED) is 0.836. The molecule has 3 heteroatoms. The molecule has 1 aliphatic carbocycles. The lowest BCUT2D eigenvalue weighted by atomic mass is 9.93. The van der Waals surface area contributed by atoms with Crippen LogP contribution in [0.15, 0.2) is 18.2 Å². The third-order valence-corrected chi connectivity index (χ3v) is 3.17. The summed E-state index contributed by atoms with van der Waals surface area (Å²) in [6.07, 6.45) is 4.45. The van der Waals surface area contributed by atoms with E-state index in [0.29, 0.717) is 5.56 Å². The normalized spacial score (nSPS) is 25.4. The lowest BCUT2D eigenvalue weighted by Gasteiger charge is -2.29. The molecule has 0 amide bonds. The number of hydrogen-bond donors (Lipinski definition) is 1. The molecule has 2 N–H and O–H groups in total. The van der Waals surface area contributed by atoms with Gasteiger partial charge in [-0.25, -0.2) is 4.39 Å². The topological polar surface area (TPSA) is 35.2 Å². The van der Waals surface area contributed by atoms with Crippen molar-refractivity contribution in [1.82, 2.24) is 0 Å². The third-order valence-electron chi connectivity index (χ3n) is 3.17. The predicted octanol–water partition coefficient (Wildman–Crippen LogP) is 2.78. The molecule has 0 aliphatic heterocycles. The molecule has 0 bridgehead atoms. The van der Waals surface area contributed by atoms with Crippen LogP contribution < -0.4 is 10.5 Å². The van der Waals surface area contributed by atoms with Gasteiger partial charge in [0, 0.05) is 6.04 Å². The van der Waals surface area contributed by atoms with Gasteiger partial charge in [-0.3, -0.25) is 0 Å². The zero-order valence-electron chi connectivity index (χ0n) is 9.58. The average Bonchev–Trinajstić information content (AvgIpc) is 2.27. The highest BCUT2D eigenvalue weighted by Gasteiger charge is 2.23. The Morgan fingerprint density at radius 1 is 1.31 bits per heavy atom. The molecule has 16 heavy (non-hydrogen) atoms. The molecule has 1 saturated carbocycles. The fourth-order valence-corrected chi connectivity index (χ4v) is 2.14. The Balaban J connectivity index is 2.05. The van der Waals surface area contributed by atoms with Crippen molar-refractivity contribution < 1.29 is 9.13 Å². The molecular formula is C13H18FNO. The smallest absolute Gasteiger partial charge is 0.126 e. The standard InChI is InChI=1S/C13H18FNO/c1-9-8-10(6-7-11(9)14)16-13-5-3-2-4-12(13)15/h6-8,12-13H,2-5,15H2,1H3. The Morgan fingerprint density at radius 2 is 2.06 bits per heavy atom. The van der Waals surface area contributed by atoms with E-state index in [1.807, 2.05) is 0 Å². The number of nitrogens with two attached hydrogens (primary N) is 1. The van der Waals surface area contributed by atoms with Gasteiger partial charge in [-0.05, 0) is 49.9 Å². The Hall–Kier alpha value is -1.09. The van der Waals surface area contributed by atoms with E-state index >= 15 is 0 Å². The maximum atomic E-state index is 13.1. The summed E-state index contributed by atoms with van der Waals surface area (Å²) >= 11 is 0. The van der Waals surface area contributed by atoms with Crippen LogP contribution in [0.4, 0.5) is 4.39 Å². The molecule has 2 nitrogen and oxygen atoms in total. The minimum absolute atomic E-state index is 0.0820. The highest BCUT2D eigenvalue weighted by molar-refractivity contribution is 5.29. The Kier molecular flexibility index (Phi) is 3.44. The van der Waals surface area contributed by atoms with Crippen LogP contribution in [0.2, 0.25) is 0 Å². The average molecular weight is 223 g/mol. The van der Waals surface area contributed by atoms with Crippen LogP contribution in [0.3, 0.4) is 0 Å². The number of rotatable bonds is 2. The van der Waals surface area contributed by atoms with E-state index in [0.717, 1.165) is 18.6 Å². The second-order valence-electron chi connectivity index (χ2n) is 4.52. The van der Waals surface area contributed by atoms with Crippen molar-refractivity contribution in [3.63, 3.8) is 0 Å². The molecule has 1 aliphatic rings. The predicted molar refractivity (Wildman–Crippen MR) is 62.0 cm³/mol. The minimum Gasteiger partial charge on any atom is -0.489 e. The van der Waals surface area contributed by atoms with Crippen molar-refractivity contribution in [3.8, 4) is 5.75 Å². The zero-order chi connectivity index (χ0) is 11.5. The SMILES string of the molecule is Cc1cc(OC2CCCCC2N)ccc1F. The fraction of sp³-hybridized carbons (Fsp3) is 0.538. The summed E-state index contributed by atoms with van der Waals surface area (Å²) < 4.78 is 18.9. The molecule has 0 saturated heterocycles. The molecule has 2 unspecified atom stereocenters. The first-order chi connectivity index (χ1) is 7.66. The first-order valence-electron chi connectivity index (χ1n) is 5.85. The van der Waals surface area contributed by atoms with E-state index in [2.05, 4.69) is 0 Å². The first kappa shape index (κ1) is 11.4. The van der Waals surface area contributed by atoms with Crippen molar-refractivity contribution in [2.45, 2.75) is 44.8 Å². The van der Waals surface area contributed by atoms with E-state index in [1.165, 1.54) is 18.9 Å². The summed E-state index contributed by atoms with van der Waals surface area (Å²) in [5.41, 5.74) is 6.61. The van der Waals surface area contributed by atoms with Crippen LogP contribution in [0, 0.1) is 12.7 Å². The van der Waals surface area contributed by atoms with Crippen LogP contribution in [0.5, 0.6) is 5.75 Å². The molecule has 2 atom stereocenters. The van der Waals surface area contributed by atoms with Gasteiger partial charge in [-0.15, -0.1) is 0 Å². The van der Waals surface area contributed by atoms with Gasteiger partial charge in [-0.2, -0.15) is 0 Å². The molecule has 1 fully saturated rings. The number of halogens is 1. The van der Waals surface area contributed by atoms with Gasteiger partial charge in [-0.1, -0.05) is 6.42 Å². The molecule has 2 rings (SSSR count). The zero-order valence-corrected chi connectivity index (χ0v) is 9.58. The number of benzene rings is 1. The van der Waals surface area contributed by atoms with Gasteiger partial charge in [0.25, 0.3) is 0 Å². The van der Waals surface area contributed by atoms with Crippen molar-refractivity contribution in [2.75, 3.05) is 0 Å². The van der Waals surface area contributed by atoms with Crippen LogP contribution in [-0.2, 0) is 0 Å². The van der Waals surface area contributed by atoms with E-state index in [9.17, 15) is 4.39 Å². The second kappa shape index (κ2) is 4.83. The van der Waals surface area contributed by atoms with Gasteiger partial charge < -0.3 is 10.5 Å². The van der Waals surface area contributed by atoms with E-state index in [4.69, 9.17) is 10.5 Å². The number of aryl methyl sites for hydroxylation is 1. The third kappa shape index (κ3) is 2.53. The highest BCUT2D eigenvalue weighted by Crippen LogP contribution is 2.24. The maximum Gasteiger partial charge on any atom is 0.126 e. The first-order valence-corrected chi connectivity index (χ1v) is 5.85. The number of hydrogen-bond acceptors (Lipinski definition) is 2. The molecule has 1 aromatic carbocycles. The second-order valence-corrected chi connectivity index (χ2v) is 4.52. The van der Waals surface area contributed by atoms with Crippen LogP contribution in [0.25, 0.3) is 0 Å². The lowest BCUT2D eigenvalue weighted by Crippen LogP contribution is -2.41. The molecule has 0 radical (unpaired) electrons. The molecule has 0 heterocycles. The van der Waals surface area contributed by atoms with E-state index < -0.39 is 0 Å². The van der Waals surface area contributed by atoms with Gasteiger partial charge in [0.15, 0.2) is 0 Å². The molecular weight excluding hydrogens is 205 g/mol. The Bertz CT molecular complexity index is 367. The maximum absolute atomic E-state index is 13.1. The summed E-state index contributed by atoms with van der Waals surface area (Å²) in [5, 5.41) is 0. The molecule has 0 aromatic heterocycles. The van der Waals surface area contributed by atoms with Crippen LogP contribution in [0.1, 0.15) is 31.2 Å². The van der Waals surface area contributed by atoms with Crippen molar-refractivity contribution >= 4 is 0 Å². The largest absolute Gasteiger partial charge is 0.489 e. The van der Waals surface area contributed by atoms with Crippen molar-refractivity contribution in [1.29, 1.82) is 0 Å². The molecule has 1 aromatic rings. The van der Waals surface area contributed by atoms with Crippen molar-refractivity contribution in [3.05, 3.63) is 29.6 Å². The van der Waals surface area contributed by atoms with Crippen LogP contribution in [-0.4, -0.2) is 12.1 Å². The monoisotopic (exact) mass is 223 g/mol. The Morgan fingerprint density at radius 3 is 2.75 bits per heavy atom. The van der Waals surface area contributed by atoms with Crippen LogP contribution >= 0.6 is 0 Å². The van der Waals surface area contributed by atoms with E-state index in [-0.39, 0.29) is 18.0 Å². The molecule has 0 spiro atoms. The summed E-state index contributed by atoms with van der Waals surface area (Å²) in [6.45, 7) is 1.74. The molecule has 88 valence electrons. The minimum atomic E-state index is -0.194. The summed E-state index contributed by atoms with van der Waals surface area (Å²) in [5.74, 6) is 0.529. The van der Waals surface area contributed by atoms with E-state index in [1.54, 1.807) is 19.1 Å². The summed E-state index contributed by atoms with van der Waals surface area (Å²) in [6, 6.07) is 4.96. The van der Waals surface area contributed by atoms with Gasteiger partial charge in [0.05, 0.1) is 0 Å². The van der Waals surface area contributed by atoms with Gasteiger partial charge in [0.2, 0.25) is 0 Å². The number of ether oxygens (including phenoxy) is 1. The summed E-state index contributed by atoms with van der Waals surface area (Å²) in [4.78, 5) is 0. The summed E-state index contributed by atoms with van der Waals surface area (Å²) in [7, 11) is 0. The lowest BCUT2D eigenvalue weighted by molar-refractivity contribution is 0.132.